The van der Waals surface area contributed by atoms with Crippen molar-refractivity contribution in [3.8, 4) is 17.2 Å². The van der Waals surface area contributed by atoms with E-state index in [-0.39, 0.29) is 0 Å². The lowest BCUT2D eigenvalue weighted by Gasteiger charge is -2.31. The highest BCUT2D eigenvalue weighted by Gasteiger charge is 2.23. The van der Waals surface area contributed by atoms with E-state index in [9.17, 15) is 0 Å². The number of nitrogens with one attached hydrogen (secondary N) is 1. The fourth-order valence-electron chi connectivity index (χ4n) is 3.42. The fraction of sp³-hybridized carbons (Fsp3) is 0.368. The number of hydrogen-bond acceptors (Lipinski definition) is 5. The predicted octanol–water partition coefficient (Wildman–Crippen LogP) is 3.45. The minimum Gasteiger partial charge on any atom is -0.497 e. The molecule has 1 aliphatic rings. The van der Waals surface area contributed by atoms with Gasteiger partial charge in [0.15, 0.2) is 0 Å². The number of aromatic nitrogens is 3. The molecule has 1 saturated heterocycles. The second-order valence-electron chi connectivity index (χ2n) is 6.46. The van der Waals surface area contributed by atoms with Gasteiger partial charge in [-0.1, -0.05) is 0 Å². The molecule has 25 heavy (non-hydrogen) atoms. The van der Waals surface area contributed by atoms with Gasteiger partial charge in [0.1, 0.15) is 12.0 Å². The standard InChI is InChI=1S/C19H22N4O2/c1-24-17-6-4-14(5-7-17)19-21-16(13-25-19)12-23-10-2-3-15(11-23)18-8-9-20-22-18/h4-9,13,15H,2-3,10-12H2,1H3,(H,20,22)/t15-/m0/s1. The molecule has 130 valence electrons. The van der Waals surface area contributed by atoms with Crippen LogP contribution in [0.15, 0.2) is 47.2 Å². The Labute approximate surface area is 146 Å². The molecule has 0 amide bonds. The third-order valence-corrected chi connectivity index (χ3v) is 4.74. The summed E-state index contributed by atoms with van der Waals surface area (Å²) >= 11 is 0. The molecule has 1 aliphatic heterocycles. The van der Waals surface area contributed by atoms with Crippen molar-refractivity contribution in [1.29, 1.82) is 0 Å². The number of nitrogens with zero attached hydrogens (tertiary/aromatic N) is 3. The van der Waals surface area contributed by atoms with Crippen LogP contribution < -0.4 is 4.74 Å². The second kappa shape index (κ2) is 7.11. The van der Waals surface area contributed by atoms with E-state index < -0.39 is 0 Å². The number of ether oxygens (including phenoxy) is 1. The van der Waals surface area contributed by atoms with E-state index >= 15 is 0 Å². The van der Waals surface area contributed by atoms with Crippen LogP contribution in [-0.2, 0) is 6.54 Å². The van der Waals surface area contributed by atoms with Gasteiger partial charge in [-0.3, -0.25) is 10.00 Å². The van der Waals surface area contributed by atoms with Crippen molar-refractivity contribution >= 4 is 0 Å². The Morgan fingerprint density at radius 1 is 1.28 bits per heavy atom. The number of methoxy groups -OCH3 is 1. The van der Waals surface area contributed by atoms with Crippen LogP contribution in [0.5, 0.6) is 5.75 Å². The molecule has 0 saturated carbocycles. The first-order valence-corrected chi connectivity index (χ1v) is 8.62. The molecule has 3 heterocycles. The van der Waals surface area contributed by atoms with Crippen LogP contribution in [0.2, 0.25) is 0 Å². The van der Waals surface area contributed by atoms with Gasteiger partial charge < -0.3 is 9.15 Å². The van der Waals surface area contributed by atoms with Crippen LogP contribution in [0.3, 0.4) is 0 Å². The highest BCUT2D eigenvalue weighted by molar-refractivity contribution is 5.54. The third kappa shape index (κ3) is 3.58. The number of rotatable bonds is 5. The average Bonchev–Trinajstić information content (AvgIpc) is 3.34. The zero-order valence-corrected chi connectivity index (χ0v) is 14.3. The Morgan fingerprint density at radius 2 is 2.16 bits per heavy atom. The summed E-state index contributed by atoms with van der Waals surface area (Å²) in [6.45, 7) is 2.92. The van der Waals surface area contributed by atoms with Gasteiger partial charge in [-0.2, -0.15) is 5.10 Å². The van der Waals surface area contributed by atoms with E-state index in [1.807, 2.05) is 30.5 Å². The van der Waals surface area contributed by atoms with Crippen molar-refractivity contribution in [1.82, 2.24) is 20.1 Å². The SMILES string of the molecule is COc1ccc(-c2nc(CN3CCC[C@H](c4ccn[nH]4)C3)co2)cc1. The number of aromatic amines is 1. The molecule has 0 radical (unpaired) electrons. The number of benzene rings is 1. The Balaban J connectivity index is 1.42. The summed E-state index contributed by atoms with van der Waals surface area (Å²) in [4.78, 5) is 7.08. The van der Waals surface area contributed by atoms with Crippen molar-refractivity contribution in [3.63, 3.8) is 0 Å². The van der Waals surface area contributed by atoms with Crippen molar-refractivity contribution in [2.24, 2.45) is 0 Å². The molecule has 0 unspecified atom stereocenters. The molecule has 1 atom stereocenters. The number of hydrogen-bond donors (Lipinski definition) is 1. The second-order valence-corrected chi connectivity index (χ2v) is 6.46. The van der Waals surface area contributed by atoms with Crippen LogP contribution in [0, 0.1) is 0 Å². The molecular weight excluding hydrogens is 316 g/mol. The maximum Gasteiger partial charge on any atom is 0.226 e. The molecule has 0 spiro atoms. The van der Waals surface area contributed by atoms with E-state index in [0.29, 0.717) is 11.8 Å². The topological polar surface area (TPSA) is 67.2 Å². The predicted molar refractivity (Wildman–Crippen MR) is 94.3 cm³/mol. The van der Waals surface area contributed by atoms with Crippen molar-refractivity contribution in [2.75, 3.05) is 20.2 Å². The Bertz CT molecular complexity index is 795. The van der Waals surface area contributed by atoms with Gasteiger partial charge in [0.05, 0.1) is 12.8 Å². The number of likely N-dealkylation sites (tertiary alicyclic amines) is 1. The number of piperidine rings is 1. The van der Waals surface area contributed by atoms with Gasteiger partial charge in [-0.05, 0) is 49.7 Å². The smallest absolute Gasteiger partial charge is 0.226 e. The monoisotopic (exact) mass is 338 g/mol. The molecule has 3 aromatic rings. The summed E-state index contributed by atoms with van der Waals surface area (Å²) in [5, 5.41) is 7.18. The van der Waals surface area contributed by atoms with Gasteiger partial charge in [0.2, 0.25) is 5.89 Å². The minimum atomic E-state index is 0.518. The molecular formula is C19H22N4O2. The van der Waals surface area contributed by atoms with Gasteiger partial charge in [0, 0.05) is 36.5 Å². The maximum atomic E-state index is 5.67. The summed E-state index contributed by atoms with van der Waals surface area (Å²) in [5.41, 5.74) is 3.15. The highest BCUT2D eigenvalue weighted by atomic mass is 16.5. The molecule has 2 aromatic heterocycles. The number of oxazole rings is 1. The summed E-state index contributed by atoms with van der Waals surface area (Å²) in [7, 11) is 1.66. The first kappa shape index (κ1) is 15.9. The molecule has 6 heteroatoms. The molecule has 1 aromatic carbocycles. The van der Waals surface area contributed by atoms with Crippen LogP contribution >= 0.6 is 0 Å². The Hall–Kier alpha value is -2.60. The zero-order valence-electron chi connectivity index (χ0n) is 14.3. The van der Waals surface area contributed by atoms with Gasteiger partial charge in [-0.15, -0.1) is 0 Å². The summed E-state index contributed by atoms with van der Waals surface area (Å²) in [6.07, 6.45) is 5.98. The van der Waals surface area contributed by atoms with Crippen molar-refractivity contribution < 1.29 is 9.15 Å². The average molecular weight is 338 g/mol. The van der Waals surface area contributed by atoms with E-state index in [1.165, 1.54) is 18.5 Å². The highest BCUT2D eigenvalue weighted by Crippen LogP contribution is 2.27. The van der Waals surface area contributed by atoms with Crippen LogP contribution in [0.25, 0.3) is 11.5 Å². The van der Waals surface area contributed by atoms with Crippen LogP contribution in [-0.4, -0.2) is 40.3 Å². The molecule has 1 fully saturated rings. The maximum absolute atomic E-state index is 5.67. The minimum absolute atomic E-state index is 0.518. The normalized spacial score (nSPS) is 18.4. The van der Waals surface area contributed by atoms with Crippen molar-refractivity contribution in [3.05, 3.63) is 54.2 Å². The lowest BCUT2D eigenvalue weighted by atomic mass is 9.95. The van der Waals surface area contributed by atoms with Gasteiger partial charge in [-0.25, -0.2) is 4.98 Å². The van der Waals surface area contributed by atoms with E-state index in [2.05, 4.69) is 26.1 Å². The lowest BCUT2D eigenvalue weighted by Crippen LogP contribution is -2.34. The van der Waals surface area contributed by atoms with Crippen molar-refractivity contribution in [2.45, 2.75) is 25.3 Å². The van der Waals surface area contributed by atoms with Crippen LogP contribution in [0.4, 0.5) is 0 Å². The molecule has 6 nitrogen and oxygen atoms in total. The zero-order chi connectivity index (χ0) is 17.1. The Kier molecular flexibility index (Phi) is 4.52. The molecule has 4 rings (SSSR count). The quantitative estimate of drug-likeness (QED) is 0.772. The summed E-state index contributed by atoms with van der Waals surface area (Å²) in [5.74, 6) is 2.00. The largest absolute Gasteiger partial charge is 0.497 e. The van der Waals surface area contributed by atoms with Gasteiger partial charge >= 0.3 is 0 Å². The molecule has 0 aliphatic carbocycles. The Morgan fingerprint density at radius 3 is 2.92 bits per heavy atom. The first-order chi connectivity index (χ1) is 12.3. The summed E-state index contributed by atoms with van der Waals surface area (Å²) in [6, 6.07) is 9.83. The fourth-order valence-corrected chi connectivity index (χ4v) is 3.42. The first-order valence-electron chi connectivity index (χ1n) is 8.62. The summed E-state index contributed by atoms with van der Waals surface area (Å²) < 4.78 is 10.9. The van der Waals surface area contributed by atoms with E-state index in [4.69, 9.17) is 9.15 Å². The van der Waals surface area contributed by atoms with E-state index in [1.54, 1.807) is 13.4 Å². The van der Waals surface area contributed by atoms with Crippen LogP contribution in [0.1, 0.15) is 30.1 Å². The van der Waals surface area contributed by atoms with E-state index in [0.717, 1.165) is 36.6 Å². The van der Waals surface area contributed by atoms with Gasteiger partial charge in [0.25, 0.3) is 0 Å². The number of H-pyrrole nitrogens is 1. The third-order valence-electron chi connectivity index (χ3n) is 4.74. The molecule has 1 N–H and O–H groups in total. The lowest BCUT2D eigenvalue weighted by molar-refractivity contribution is 0.196. The molecule has 0 bridgehead atoms.